The zero-order valence-corrected chi connectivity index (χ0v) is 15.7. The maximum absolute atomic E-state index is 12.9. The monoisotopic (exact) mass is 337 g/mol. The molecule has 0 radical (unpaired) electrons. The minimum Gasteiger partial charge on any atom is -0.358 e. The molecule has 132 valence electrons. The third kappa shape index (κ3) is 6.38. The van der Waals surface area contributed by atoms with Gasteiger partial charge in [-0.2, -0.15) is 0 Å². The Morgan fingerprint density at radius 3 is 2.32 bits per heavy atom. The topological polar surface area (TPSA) is 46.2 Å². The predicted octanol–water partition coefficient (Wildman–Crippen LogP) is 5.31. The second kappa shape index (κ2) is 10.2. The second-order valence-corrected chi connectivity index (χ2v) is 5.81. The lowest BCUT2D eigenvalue weighted by atomic mass is 9.99. The number of rotatable bonds is 8. The summed E-state index contributed by atoms with van der Waals surface area (Å²) in [6, 6.07) is 7.87. The number of para-hydroxylation sites is 1. The van der Waals surface area contributed by atoms with E-state index in [1.165, 1.54) is 13.0 Å². The summed E-state index contributed by atoms with van der Waals surface area (Å²) in [5.74, 6) is -0.205. The van der Waals surface area contributed by atoms with E-state index in [1.807, 2.05) is 64.1 Å². The highest BCUT2D eigenvalue weighted by atomic mass is 16.1. The van der Waals surface area contributed by atoms with Gasteiger partial charge in [-0.3, -0.25) is 9.59 Å². The zero-order valence-electron chi connectivity index (χ0n) is 15.7. The Kier molecular flexibility index (Phi) is 8.34. The van der Waals surface area contributed by atoms with Gasteiger partial charge in [0.2, 0.25) is 0 Å². The van der Waals surface area contributed by atoms with Crippen molar-refractivity contribution in [3.63, 3.8) is 0 Å². The largest absolute Gasteiger partial charge is 0.358 e. The lowest BCUT2D eigenvalue weighted by molar-refractivity contribution is -0.112. The summed E-state index contributed by atoms with van der Waals surface area (Å²) in [6.07, 6.45) is 9.43. The van der Waals surface area contributed by atoms with Crippen LogP contribution in [-0.4, -0.2) is 11.6 Å². The molecule has 0 unspecified atom stereocenters. The van der Waals surface area contributed by atoms with E-state index in [9.17, 15) is 9.59 Å². The third-order valence-electron chi connectivity index (χ3n) is 3.71. The van der Waals surface area contributed by atoms with Crippen LogP contribution in [0.1, 0.15) is 39.7 Å². The summed E-state index contributed by atoms with van der Waals surface area (Å²) in [6.45, 7) is 9.18. The van der Waals surface area contributed by atoms with Gasteiger partial charge >= 0.3 is 0 Å². The first-order valence-electron chi connectivity index (χ1n) is 8.50. The van der Waals surface area contributed by atoms with E-state index in [0.29, 0.717) is 16.8 Å². The maximum atomic E-state index is 12.9. The number of carbonyl (C=O) groups excluding carboxylic acids is 2. The summed E-state index contributed by atoms with van der Waals surface area (Å²) >= 11 is 0. The van der Waals surface area contributed by atoms with Crippen molar-refractivity contribution < 1.29 is 9.59 Å². The smallest absolute Gasteiger partial charge is 0.194 e. The van der Waals surface area contributed by atoms with Crippen molar-refractivity contribution in [3.05, 3.63) is 77.1 Å². The number of aryl methyl sites for hydroxylation is 1. The minimum atomic E-state index is -0.108. The van der Waals surface area contributed by atoms with Crippen LogP contribution in [0.25, 0.3) is 0 Å². The quantitative estimate of drug-likeness (QED) is 0.516. The van der Waals surface area contributed by atoms with Gasteiger partial charge in [-0.05, 0) is 57.9 Å². The predicted molar refractivity (Wildman–Crippen MR) is 106 cm³/mol. The van der Waals surface area contributed by atoms with E-state index in [2.05, 4.69) is 5.32 Å². The number of anilines is 1. The van der Waals surface area contributed by atoms with Crippen LogP contribution in [0.5, 0.6) is 0 Å². The van der Waals surface area contributed by atoms with Crippen LogP contribution in [0.4, 0.5) is 5.69 Å². The summed E-state index contributed by atoms with van der Waals surface area (Å²) in [7, 11) is 0. The Labute approximate surface area is 150 Å². The summed E-state index contributed by atoms with van der Waals surface area (Å²) in [4.78, 5) is 24.3. The van der Waals surface area contributed by atoms with Gasteiger partial charge in [-0.15, -0.1) is 0 Å². The van der Waals surface area contributed by atoms with E-state index in [-0.39, 0.29) is 11.6 Å². The fraction of sp³-hybridized carbons (Fsp3) is 0.273. The number of carbonyl (C=O) groups is 2. The first kappa shape index (κ1) is 20.4. The molecule has 3 nitrogen and oxygen atoms in total. The minimum absolute atomic E-state index is 0.0971. The molecule has 0 atom stereocenters. The normalized spacial score (nSPS) is 13.2. The highest BCUT2D eigenvalue weighted by Gasteiger charge is 2.14. The first-order valence-corrected chi connectivity index (χ1v) is 8.50. The SMILES string of the molecule is C/C=C(\C=C/CC)C(=O)C(/C=C\C(C)=O)=C(/C)Nc1ccccc1C. The number of benzene rings is 1. The van der Waals surface area contributed by atoms with E-state index in [4.69, 9.17) is 0 Å². The molecule has 1 rings (SSSR count). The average Bonchev–Trinajstić information content (AvgIpc) is 2.57. The van der Waals surface area contributed by atoms with Crippen molar-refractivity contribution >= 4 is 17.3 Å². The fourth-order valence-electron chi connectivity index (χ4n) is 2.26. The van der Waals surface area contributed by atoms with Crippen LogP contribution >= 0.6 is 0 Å². The van der Waals surface area contributed by atoms with Crippen molar-refractivity contribution in [3.8, 4) is 0 Å². The number of hydrogen-bond acceptors (Lipinski definition) is 3. The lowest BCUT2D eigenvalue weighted by Crippen LogP contribution is -2.10. The van der Waals surface area contributed by atoms with Gasteiger partial charge in [-0.1, -0.05) is 43.4 Å². The third-order valence-corrected chi connectivity index (χ3v) is 3.71. The molecule has 0 aliphatic carbocycles. The molecule has 1 N–H and O–H groups in total. The molecule has 0 fully saturated rings. The Morgan fingerprint density at radius 1 is 1.08 bits per heavy atom. The van der Waals surface area contributed by atoms with Gasteiger partial charge in [0.05, 0.1) is 0 Å². The van der Waals surface area contributed by atoms with Crippen molar-refractivity contribution in [2.45, 2.75) is 41.0 Å². The maximum Gasteiger partial charge on any atom is 0.194 e. The Balaban J connectivity index is 3.31. The molecule has 0 saturated carbocycles. The number of nitrogens with one attached hydrogen (secondary N) is 1. The van der Waals surface area contributed by atoms with E-state index < -0.39 is 0 Å². The molecule has 0 aromatic heterocycles. The van der Waals surface area contributed by atoms with Gasteiger partial charge in [0.15, 0.2) is 11.6 Å². The molecule has 0 amide bonds. The number of ketones is 2. The molecule has 0 aliphatic heterocycles. The second-order valence-electron chi connectivity index (χ2n) is 5.81. The van der Waals surface area contributed by atoms with Gasteiger partial charge in [0.1, 0.15) is 0 Å². The van der Waals surface area contributed by atoms with Gasteiger partial charge in [0, 0.05) is 22.5 Å². The first-order chi connectivity index (χ1) is 11.9. The van der Waals surface area contributed by atoms with Crippen LogP contribution in [0.15, 0.2) is 71.5 Å². The zero-order chi connectivity index (χ0) is 18.8. The van der Waals surface area contributed by atoms with Crippen LogP contribution in [0.3, 0.4) is 0 Å². The van der Waals surface area contributed by atoms with Crippen LogP contribution in [-0.2, 0) is 9.59 Å². The number of Topliss-reactive ketones (excluding diaryl/α,β-unsaturated/α-hetero) is 1. The molecule has 0 heterocycles. The summed E-state index contributed by atoms with van der Waals surface area (Å²) < 4.78 is 0. The highest BCUT2D eigenvalue weighted by Crippen LogP contribution is 2.20. The molecular formula is C22H27NO2. The number of allylic oxidation sites excluding steroid dienone is 8. The van der Waals surface area contributed by atoms with Gasteiger partial charge in [-0.25, -0.2) is 0 Å². The Hall–Kier alpha value is -2.68. The molecule has 0 aliphatic rings. The molecule has 0 saturated heterocycles. The van der Waals surface area contributed by atoms with Crippen LogP contribution < -0.4 is 5.32 Å². The Bertz CT molecular complexity index is 749. The standard InChI is InChI=1S/C22H27NO2/c1-6-8-12-19(7-2)22(25)20(15-14-17(4)24)18(5)23-21-13-10-9-11-16(21)3/h7-15,23H,6H2,1-5H3/b12-8-,15-14-,19-7+,20-18-. The molecule has 25 heavy (non-hydrogen) atoms. The lowest BCUT2D eigenvalue weighted by Gasteiger charge is -2.13. The molecule has 1 aromatic rings. The average molecular weight is 337 g/mol. The van der Waals surface area contributed by atoms with Crippen molar-refractivity contribution in [1.82, 2.24) is 0 Å². The number of hydrogen-bond donors (Lipinski definition) is 1. The van der Waals surface area contributed by atoms with E-state index in [1.54, 1.807) is 12.2 Å². The van der Waals surface area contributed by atoms with E-state index in [0.717, 1.165) is 17.7 Å². The molecule has 0 bridgehead atoms. The summed E-state index contributed by atoms with van der Waals surface area (Å²) in [5, 5.41) is 3.29. The summed E-state index contributed by atoms with van der Waals surface area (Å²) in [5.41, 5.74) is 3.82. The fourth-order valence-corrected chi connectivity index (χ4v) is 2.26. The van der Waals surface area contributed by atoms with E-state index >= 15 is 0 Å². The van der Waals surface area contributed by atoms with Crippen LogP contribution in [0.2, 0.25) is 0 Å². The van der Waals surface area contributed by atoms with Crippen molar-refractivity contribution in [2.24, 2.45) is 0 Å². The molecule has 1 aromatic carbocycles. The molecule has 3 heteroatoms. The van der Waals surface area contributed by atoms with Crippen molar-refractivity contribution in [2.75, 3.05) is 5.32 Å². The van der Waals surface area contributed by atoms with Crippen LogP contribution in [0, 0.1) is 6.92 Å². The molecule has 0 spiro atoms. The van der Waals surface area contributed by atoms with Crippen molar-refractivity contribution in [1.29, 1.82) is 0 Å². The molecular weight excluding hydrogens is 310 g/mol. The Morgan fingerprint density at radius 2 is 1.76 bits per heavy atom. The van der Waals surface area contributed by atoms with Gasteiger partial charge in [0.25, 0.3) is 0 Å². The van der Waals surface area contributed by atoms with Gasteiger partial charge < -0.3 is 5.32 Å². The highest BCUT2D eigenvalue weighted by molar-refractivity contribution is 6.13.